The fourth-order valence-corrected chi connectivity index (χ4v) is 4.15. The van der Waals surface area contributed by atoms with Crippen LogP contribution in [0.5, 0.6) is 23.0 Å². The SMILES string of the molecule is CCCN1C(=O)c2[nH]nc(-c3ccccc3O)c2C1c1cc(OC)c(OC)c(OC)c1. The average molecular weight is 423 g/mol. The highest BCUT2D eigenvalue weighted by Gasteiger charge is 2.42. The van der Waals surface area contributed by atoms with Crippen LogP contribution in [0.3, 0.4) is 0 Å². The van der Waals surface area contributed by atoms with Gasteiger partial charge in [0.15, 0.2) is 11.5 Å². The van der Waals surface area contributed by atoms with E-state index in [4.69, 9.17) is 14.2 Å². The van der Waals surface area contributed by atoms with E-state index in [1.165, 1.54) is 0 Å². The molecule has 3 aromatic rings. The monoisotopic (exact) mass is 423 g/mol. The second-order valence-corrected chi connectivity index (χ2v) is 7.24. The van der Waals surface area contributed by atoms with Crippen LogP contribution in [0.1, 0.15) is 41.0 Å². The molecule has 8 nitrogen and oxygen atoms in total. The Morgan fingerprint density at radius 1 is 1.10 bits per heavy atom. The molecule has 1 aliphatic heterocycles. The molecule has 0 aliphatic carbocycles. The number of fused-ring (bicyclic) bond motifs is 1. The molecule has 0 fully saturated rings. The Kier molecular flexibility index (Phi) is 5.46. The molecule has 0 bridgehead atoms. The average Bonchev–Trinajstić information content (AvgIpc) is 3.32. The van der Waals surface area contributed by atoms with Crippen LogP contribution in [-0.2, 0) is 0 Å². The van der Waals surface area contributed by atoms with Crippen molar-refractivity contribution in [3.05, 3.63) is 53.2 Å². The number of H-pyrrole nitrogens is 1. The van der Waals surface area contributed by atoms with Crippen molar-refractivity contribution in [2.45, 2.75) is 19.4 Å². The maximum atomic E-state index is 13.2. The normalized spacial score (nSPS) is 15.2. The quantitative estimate of drug-likeness (QED) is 0.601. The number of carbonyl (C=O) groups excluding carboxylic acids is 1. The third kappa shape index (κ3) is 3.24. The van der Waals surface area contributed by atoms with Gasteiger partial charge in [-0.1, -0.05) is 19.1 Å². The molecule has 0 radical (unpaired) electrons. The molecule has 2 heterocycles. The molecular weight excluding hydrogens is 398 g/mol. The minimum Gasteiger partial charge on any atom is -0.507 e. The second kappa shape index (κ2) is 8.22. The number of aromatic nitrogens is 2. The fourth-order valence-electron chi connectivity index (χ4n) is 4.15. The first kappa shape index (κ1) is 20.6. The first-order valence-electron chi connectivity index (χ1n) is 10.0. The number of amides is 1. The van der Waals surface area contributed by atoms with Crippen molar-refractivity contribution in [2.75, 3.05) is 27.9 Å². The van der Waals surface area contributed by atoms with Crippen molar-refractivity contribution in [1.29, 1.82) is 0 Å². The van der Waals surface area contributed by atoms with Gasteiger partial charge in [-0.25, -0.2) is 0 Å². The molecule has 0 saturated heterocycles. The van der Waals surface area contributed by atoms with Crippen LogP contribution in [0.4, 0.5) is 0 Å². The number of phenols is 1. The number of nitrogens with zero attached hydrogens (tertiary/aromatic N) is 2. The van der Waals surface area contributed by atoms with Crippen molar-refractivity contribution >= 4 is 5.91 Å². The molecule has 8 heteroatoms. The van der Waals surface area contributed by atoms with Gasteiger partial charge in [-0.3, -0.25) is 9.89 Å². The van der Waals surface area contributed by atoms with E-state index >= 15 is 0 Å². The van der Waals surface area contributed by atoms with E-state index in [0.717, 1.165) is 12.0 Å². The number of carbonyl (C=O) groups is 1. The van der Waals surface area contributed by atoms with Gasteiger partial charge >= 0.3 is 0 Å². The number of benzene rings is 2. The fraction of sp³-hybridized carbons (Fsp3) is 0.304. The van der Waals surface area contributed by atoms with Crippen LogP contribution in [0.2, 0.25) is 0 Å². The lowest BCUT2D eigenvalue weighted by atomic mass is 9.95. The first-order valence-corrected chi connectivity index (χ1v) is 10.0. The number of hydrogen-bond acceptors (Lipinski definition) is 6. The summed E-state index contributed by atoms with van der Waals surface area (Å²) in [5.41, 5.74) is 3.04. The summed E-state index contributed by atoms with van der Waals surface area (Å²) in [6, 6.07) is 10.2. The molecule has 1 aliphatic rings. The summed E-state index contributed by atoms with van der Waals surface area (Å²) in [6.45, 7) is 2.58. The minimum absolute atomic E-state index is 0.0989. The van der Waals surface area contributed by atoms with Gasteiger partial charge in [0, 0.05) is 17.7 Å². The van der Waals surface area contributed by atoms with Gasteiger partial charge in [-0.2, -0.15) is 5.10 Å². The highest BCUT2D eigenvalue weighted by atomic mass is 16.5. The van der Waals surface area contributed by atoms with E-state index in [1.807, 2.05) is 25.1 Å². The summed E-state index contributed by atoms with van der Waals surface area (Å²) in [6.07, 6.45) is 0.788. The lowest BCUT2D eigenvalue weighted by Crippen LogP contribution is -2.30. The lowest BCUT2D eigenvalue weighted by molar-refractivity contribution is 0.0743. The van der Waals surface area contributed by atoms with E-state index in [9.17, 15) is 9.90 Å². The molecule has 1 atom stereocenters. The number of aromatic hydroxyl groups is 1. The van der Waals surface area contributed by atoms with Crippen LogP contribution >= 0.6 is 0 Å². The van der Waals surface area contributed by atoms with E-state index in [2.05, 4.69) is 10.2 Å². The Balaban J connectivity index is 1.95. The summed E-state index contributed by atoms with van der Waals surface area (Å²) in [5, 5.41) is 17.7. The zero-order chi connectivity index (χ0) is 22.1. The highest BCUT2D eigenvalue weighted by Crippen LogP contribution is 2.48. The third-order valence-electron chi connectivity index (χ3n) is 5.49. The predicted molar refractivity (Wildman–Crippen MR) is 115 cm³/mol. The largest absolute Gasteiger partial charge is 0.507 e. The number of para-hydroxylation sites is 1. The molecule has 1 aromatic heterocycles. The molecule has 2 N–H and O–H groups in total. The van der Waals surface area contributed by atoms with Crippen molar-refractivity contribution in [2.24, 2.45) is 0 Å². The van der Waals surface area contributed by atoms with Crippen LogP contribution in [0.15, 0.2) is 36.4 Å². The number of ether oxygens (including phenoxy) is 3. The summed E-state index contributed by atoms with van der Waals surface area (Å²) in [7, 11) is 4.66. The highest BCUT2D eigenvalue weighted by molar-refractivity contribution is 6.00. The Labute approximate surface area is 180 Å². The number of methoxy groups -OCH3 is 3. The van der Waals surface area contributed by atoms with Gasteiger partial charge in [0.2, 0.25) is 5.75 Å². The van der Waals surface area contributed by atoms with Crippen LogP contribution in [0, 0.1) is 0 Å². The first-order chi connectivity index (χ1) is 15.0. The Bertz CT molecular complexity index is 1100. The maximum Gasteiger partial charge on any atom is 0.273 e. The summed E-state index contributed by atoms with van der Waals surface area (Å²) in [5.74, 6) is 1.45. The van der Waals surface area contributed by atoms with Crippen LogP contribution < -0.4 is 14.2 Å². The van der Waals surface area contributed by atoms with Gasteiger partial charge < -0.3 is 24.2 Å². The van der Waals surface area contributed by atoms with E-state index in [1.54, 1.807) is 44.4 Å². The summed E-state index contributed by atoms with van der Waals surface area (Å²) < 4.78 is 16.5. The molecule has 2 aromatic carbocycles. The molecule has 1 amide bonds. The van der Waals surface area contributed by atoms with Gasteiger partial charge in [0.05, 0.1) is 27.4 Å². The number of aromatic amines is 1. The molecule has 4 rings (SSSR count). The minimum atomic E-state index is -0.426. The molecule has 1 unspecified atom stereocenters. The van der Waals surface area contributed by atoms with E-state index < -0.39 is 6.04 Å². The van der Waals surface area contributed by atoms with Crippen molar-refractivity contribution in [3.63, 3.8) is 0 Å². The van der Waals surface area contributed by atoms with Gasteiger partial charge in [-0.05, 0) is 36.2 Å². The summed E-state index contributed by atoms with van der Waals surface area (Å²) in [4.78, 5) is 15.0. The molecular formula is C23H25N3O5. The van der Waals surface area contributed by atoms with E-state index in [-0.39, 0.29) is 11.7 Å². The van der Waals surface area contributed by atoms with Crippen molar-refractivity contribution in [3.8, 4) is 34.3 Å². The Morgan fingerprint density at radius 2 is 1.77 bits per heavy atom. The van der Waals surface area contributed by atoms with Crippen molar-refractivity contribution < 1.29 is 24.1 Å². The molecule has 0 saturated carbocycles. The molecule has 162 valence electrons. The third-order valence-corrected chi connectivity index (χ3v) is 5.49. The Morgan fingerprint density at radius 3 is 2.35 bits per heavy atom. The van der Waals surface area contributed by atoms with Crippen LogP contribution in [0.25, 0.3) is 11.3 Å². The van der Waals surface area contributed by atoms with Gasteiger partial charge in [0.25, 0.3) is 5.91 Å². The summed E-state index contributed by atoms with van der Waals surface area (Å²) >= 11 is 0. The van der Waals surface area contributed by atoms with E-state index in [0.29, 0.717) is 46.3 Å². The Hall–Kier alpha value is -3.68. The molecule has 31 heavy (non-hydrogen) atoms. The van der Waals surface area contributed by atoms with Crippen molar-refractivity contribution in [1.82, 2.24) is 15.1 Å². The number of rotatable bonds is 7. The smallest absolute Gasteiger partial charge is 0.273 e. The predicted octanol–water partition coefficient (Wildman–Crippen LogP) is 3.76. The van der Waals surface area contributed by atoms with Crippen LogP contribution in [-0.4, -0.2) is 54.0 Å². The zero-order valence-electron chi connectivity index (χ0n) is 17.9. The standard InChI is InChI=1S/C23H25N3O5/c1-5-10-26-21(13-11-16(29-2)22(31-4)17(12-13)30-3)18-19(24-25-20(18)23(26)28)14-8-6-7-9-15(14)27/h6-9,11-12,21,27H,5,10H2,1-4H3,(H,24,25). The second-order valence-electron chi connectivity index (χ2n) is 7.24. The number of hydrogen-bond donors (Lipinski definition) is 2. The molecule has 0 spiro atoms. The lowest BCUT2D eigenvalue weighted by Gasteiger charge is -2.27. The number of phenolic OH excluding ortho intramolecular Hbond substituents is 1. The topological polar surface area (TPSA) is 96.9 Å². The number of nitrogens with one attached hydrogen (secondary N) is 1. The maximum absolute atomic E-state index is 13.2. The van der Waals surface area contributed by atoms with Gasteiger partial charge in [0.1, 0.15) is 17.1 Å². The van der Waals surface area contributed by atoms with Gasteiger partial charge in [-0.15, -0.1) is 0 Å². The zero-order valence-corrected chi connectivity index (χ0v) is 17.9.